The highest BCUT2D eigenvalue weighted by Gasteiger charge is 2.33. The molecule has 0 unspecified atom stereocenters. The minimum absolute atomic E-state index is 0.0489. The van der Waals surface area contributed by atoms with E-state index in [1.807, 2.05) is 24.3 Å². The Morgan fingerprint density at radius 2 is 2.00 bits per heavy atom. The van der Waals surface area contributed by atoms with Gasteiger partial charge in [0.25, 0.3) is 11.5 Å². The summed E-state index contributed by atoms with van der Waals surface area (Å²) in [6, 6.07) is 10.4. The first-order valence-corrected chi connectivity index (χ1v) is 7.18. The molecule has 0 aliphatic heterocycles. The van der Waals surface area contributed by atoms with Crippen LogP contribution >= 0.6 is 0 Å². The van der Waals surface area contributed by atoms with Gasteiger partial charge in [-0.3, -0.25) is 9.59 Å². The van der Waals surface area contributed by atoms with Gasteiger partial charge in [0.1, 0.15) is 11.4 Å². The lowest BCUT2D eigenvalue weighted by molar-refractivity contribution is 0.0925. The third kappa shape index (κ3) is 3.16. The first-order chi connectivity index (χ1) is 10.7. The first kappa shape index (κ1) is 14.3. The summed E-state index contributed by atoms with van der Waals surface area (Å²) in [5.41, 5.74) is 0.922. The van der Waals surface area contributed by atoms with Gasteiger partial charge in [0, 0.05) is 6.07 Å². The smallest absolute Gasteiger partial charge is 0.272 e. The number of aromatic nitrogens is 2. The molecule has 1 atom stereocenters. The quantitative estimate of drug-likeness (QED) is 0.879. The van der Waals surface area contributed by atoms with Gasteiger partial charge in [-0.05, 0) is 42.5 Å². The molecule has 0 saturated heterocycles. The van der Waals surface area contributed by atoms with Crippen LogP contribution in [0.15, 0.2) is 41.2 Å². The monoisotopic (exact) mass is 299 g/mol. The van der Waals surface area contributed by atoms with Crippen molar-refractivity contribution in [1.29, 1.82) is 0 Å². The molecule has 1 heterocycles. The number of nitrogens with one attached hydrogen (secondary N) is 2. The highest BCUT2D eigenvalue weighted by molar-refractivity contribution is 5.92. The van der Waals surface area contributed by atoms with E-state index in [9.17, 15) is 9.59 Å². The topological polar surface area (TPSA) is 84.1 Å². The summed E-state index contributed by atoms with van der Waals surface area (Å²) in [4.78, 5) is 23.3. The number of rotatable bonds is 5. The Hall–Kier alpha value is -2.63. The van der Waals surface area contributed by atoms with Crippen LogP contribution in [0.25, 0.3) is 0 Å². The van der Waals surface area contributed by atoms with Crippen molar-refractivity contribution in [2.24, 2.45) is 5.92 Å². The van der Waals surface area contributed by atoms with Crippen LogP contribution in [-0.4, -0.2) is 23.2 Å². The molecule has 1 saturated carbocycles. The maximum Gasteiger partial charge on any atom is 0.272 e. The number of H-pyrrole nitrogens is 1. The number of methoxy groups -OCH3 is 1. The molecule has 1 aromatic heterocycles. The Balaban J connectivity index is 1.77. The van der Waals surface area contributed by atoms with Crippen LogP contribution in [0.4, 0.5) is 0 Å². The summed E-state index contributed by atoms with van der Waals surface area (Å²) < 4.78 is 5.16. The SMILES string of the molecule is COc1ccc([C@@H](NC(=O)c2ccc(=O)[nH]n2)C2CC2)cc1. The number of ether oxygens (including phenoxy) is 1. The molecule has 1 aromatic carbocycles. The summed E-state index contributed by atoms with van der Waals surface area (Å²) in [5, 5.41) is 9.04. The van der Waals surface area contributed by atoms with E-state index in [1.165, 1.54) is 12.1 Å². The van der Waals surface area contributed by atoms with Crippen molar-refractivity contribution in [2.45, 2.75) is 18.9 Å². The fraction of sp³-hybridized carbons (Fsp3) is 0.312. The van der Waals surface area contributed by atoms with Crippen molar-refractivity contribution in [3.05, 3.63) is 58.0 Å². The van der Waals surface area contributed by atoms with E-state index in [1.54, 1.807) is 7.11 Å². The zero-order chi connectivity index (χ0) is 15.5. The van der Waals surface area contributed by atoms with E-state index in [0.29, 0.717) is 5.92 Å². The molecular weight excluding hydrogens is 282 g/mol. The zero-order valence-electron chi connectivity index (χ0n) is 12.2. The van der Waals surface area contributed by atoms with E-state index in [-0.39, 0.29) is 23.2 Å². The Bertz CT molecular complexity index is 700. The summed E-state index contributed by atoms with van der Waals surface area (Å²) in [5.74, 6) is 0.941. The lowest BCUT2D eigenvalue weighted by atomic mass is 10.0. The zero-order valence-corrected chi connectivity index (χ0v) is 12.2. The van der Waals surface area contributed by atoms with Crippen molar-refractivity contribution >= 4 is 5.91 Å². The summed E-state index contributed by atoms with van der Waals surface area (Å²) in [6.45, 7) is 0. The first-order valence-electron chi connectivity index (χ1n) is 7.18. The van der Waals surface area contributed by atoms with Gasteiger partial charge >= 0.3 is 0 Å². The van der Waals surface area contributed by atoms with Crippen LogP contribution in [0.2, 0.25) is 0 Å². The van der Waals surface area contributed by atoms with E-state index in [2.05, 4.69) is 15.5 Å². The second kappa shape index (κ2) is 6.01. The lowest BCUT2D eigenvalue weighted by Crippen LogP contribution is -2.31. The Kier molecular flexibility index (Phi) is 3.91. The minimum Gasteiger partial charge on any atom is -0.497 e. The van der Waals surface area contributed by atoms with Gasteiger partial charge in [-0.1, -0.05) is 12.1 Å². The fourth-order valence-corrected chi connectivity index (χ4v) is 2.40. The number of benzene rings is 1. The summed E-state index contributed by atoms with van der Waals surface area (Å²) in [6.07, 6.45) is 2.19. The number of hydrogen-bond acceptors (Lipinski definition) is 4. The van der Waals surface area contributed by atoms with Crippen LogP contribution in [0, 0.1) is 5.92 Å². The molecule has 6 nitrogen and oxygen atoms in total. The van der Waals surface area contributed by atoms with Gasteiger partial charge in [-0.2, -0.15) is 5.10 Å². The third-order valence-corrected chi connectivity index (χ3v) is 3.77. The average Bonchev–Trinajstić information content (AvgIpc) is 3.38. The standard InChI is InChI=1S/C16H17N3O3/c1-22-12-6-4-11(5-7-12)15(10-2-3-10)17-16(21)13-8-9-14(20)19-18-13/h4-10,15H,2-3H2,1H3,(H,17,21)(H,19,20)/t15-/m0/s1. The van der Waals surface area contributed by atoms with E-state index in [0.717, 1.165) is 24.2 Å². The van der Waals surface area contributed by atoms with Gasteiger partial charge in [-0.15, -0.1) is 0 Å². The molecule has 6 heteroatoms. The van der Waals surface area contributed by atoms with Crippen LogP contribution in [0.1, 0.15) is 34.9 Å². The number of amides is 1. The van der Waals surface area contributed by atoms with E-state index < -0.39 is 0 Å². The number of aromatic amines is 1. The van der Waals surface area contributed by atoms with Crippen LogP contribution in [0.5, 0.6) is 5.75 Å². The molecule has 1 aliphatic carbocycles. The molecule has 3 rings (SSSR count). The maximum atomic E-state index is 12.3. The van der Waals surface area contributed by atoms with Gasteiger partial charge < -0.3 is 10.1 Å². The third-order valence-electron chi connectivity index (χ3n) is 3.77. The second-order valence-electron chi connectivity index (χ2n) is 5.37. The van der Waals surface area contributed by atoms with Gasteiger partial charge in [-0.25, -0.2) is 5.10 Å². The second-order valence-corrected chi connectivity index (χ2v) is 5.37. The van der Waals surface area contributed by atoms with Gasteiger partial charge in [0.2, 0.25) is 0 Å². The molecular formula is C16H17N3O3. The van der Waals surface area contributed by atoms with Crippen molar-refractivity contribution < 1.29 is 9.53 Å². The number of nitrogens with zero attached hydrogens (tertiary/aromatic N) is 1. The lowest BCUT2D eigenvalue weighted by Gasteiger charge is -2.18. The molecule has 2 aromatic rings. The predicted molar refractivity (Wildman–Crippen MR) is 80.8 cm³/mol. The Morgan fingerprint density at radius 3 is 2.55 bits per heavy atom. The molecule has 1 amide bonds. The maximum absolute atomic E-state index is 12.3. The molecule has 0 bridgehead atoms. The molecule has 2 N–H and O–H groups in total. The van der Waals surface area contributed by atoms with Gasteiger partial charge in [0.15, 0.2) is 0 Å². The number of carbonyl (C=O) groups is 1. The molecule has 1 fully saturated rings. The van der Waals surface area contributed by atoms with Crippen molar-refractivity contribution in [3.8, 4) is 5.75 Å². The van der Waals surface area contributed by atoms with Crippen LogP contribution in [-0.2, 0) is 0 Å². The Labute approximate surface area is 127 Å². The Morgan fingerprint density at radius 1 is 1.27 bits per heavy atom. The van der Waals surface area contributed by atoms with Gasteiger partial charge in [0.05, 0.1) is 13.2 Å². The largest absolute Gasteiger partial charge is 0.497 e. The normalized spacial score (nSPS) is 15.1. The molecule has 114 valence electrons. The van der Waals surface area contributed by atoms with Crippen molar-refractivity contribution in [2.75, 3.05) is 7.11 Å². The van der Waals surface area contributed by atoms with Crippen LogP contribution < -0.4 is 15.6 Å². The highest BCUT2D eigenvalue weighted by Crippen LogP contribution is 2.41. The van der Waals surface area contributed by atoms with Crippen molar-refractivity contribution in [1.82, 2.24) is 15.5 Å². The molecule has 0 radical (unpaired) electrons. The predicted octanol–water partition coefficient (Wildman–Crippen LogP) is 1.66. The molecule has 0 spiro atoms. The van der Waals surface area contributed by atoms with E-state index >= 15 is 0 Å². The highest BCUT2D eigenvalue weighted by atomic mass is 16.5. The van der Waals surface area contributed by atoms with Crippen LogP contribution in [0.3, 0.4) is 0 Å². The summed E-state index contributed by atoms with van der Waals surface area (Å²) in [7, 11) is 1.62. The van der Waals surface area contributed by atoms with Crippen molar-refractivity contribution in [3.63, 3.8) is 0 Å². The molecule has 22 heavy (non-hydrogen) atoms. The molecule has 1 aliphatic rings. The minimum atomic E-state index is -0.328. The fourth-order valence-electron chi connectivity index (χ4n) is 2.40. The summed E-state index contributed by atoms with van der Waals surface area (Å²) >= 11 is 0. The number of carbonyl (C=O) groups excluding carboxylic acids is 1. The van der Waals surface area contributed by atoms with E-state index in [4.69, 9.17) is 4.74 Å². The number of hydrogen-bond donors (Lipinski definition) is 2. The average molecular weight is 299 g/mol.